The number of carbonyl (C=O) groups excluding carboxylic acids is 2. The van der Waals surface area contributed by atoms with Gasteiger partial charge in [-0.15, -0.1) is 10.2 Å². The van der Waals surface area contributed by atoms with Crippen molar-refractivity contribution >= 4 is 28.4 Å². The van der Waals surface area contributed by atoms with E-state index in [9.17, 15) is 9.59 Å². The van der Waals surface area contributed by atoms with Crippen LogP contribution in [-0.4, -0.2) is 33.7 Å². The summed E-state index contributed by atoms with van der Waals surface area (Å²) >= 11 is 1.33. The van der Waals surface area contributed by atoms with Gasteiger partial charge in [0.25, 0.3) is 0 Å². The van der Waals surface area contributed by atoms with Crippen LogP contribution < -0.4 is 16.0 Å². The molecule has 33 heavy (non-hydrogen) atoms. The van der Waals surface area contributed by atoms with Crippen LogP contribution in [-0.2, 0) is 4.79 Å². The molecule has 6 rings (SSSR count). The van der Waals surface area contributed by atoms with E-state index >= 15 is 0 Å². The fourth-order valence-electron chi connectivity index (χ4n) is 6.54. The third-order valence-electron chi connectivity index (χ3n) is 7.87. The number of urea groups is 1. The van der Waals surface area contributed by atoms with E-state index in [0.717, 1.165) is 54.0 Å². The molecular weight excluding hydrogens is 434 g/mol. The second-order valence-electron chi connectivity index (χ2n) is 10.4. The smallest absolute Gasteiger partial charge is 0.315 e. The molecule has 7 nitrogen and oxygen atoms in total. The molecule has 1 aromatic heterocycles. The minimum absolute atomic E-state index is 0.00590. The summed E-state index contributed by atoms with van der Waals surface area (Å²) in [7, 11) is 0. The Balaban J connectivity index is 1.23. The normalized spacial score (nSPS) is 29.3. The first kappa shape index (κ1) is 22.3. The predicted octanol–water partition coefficient (Wildman–Crippen LogP) is 4.83. The molecule has 4 fully saturated rings. The summed E-state index contributed by atoms with van der Waals surface area (Å²) in [4.78, 5) is 26.2. The first-order valence-corrected chi connectivity index (χ1v) is 13.0. The molecule has 0 saturated heterocycles. The van der Waals surface area contributed by atoms with Gasteiger partial charge >= 0.3 is 6.03 Å². The van der Waals surface area contributed by atoms with Crippen LogP contribution in [0, 0.1) is 23.7 Å². The molecule has 176 valence electrons. The van der Waals surface area contributed by atoms with Crippen LogP contribution in [0.2, 0.25) is 0 Å². The standard InChI is InChI=1S/C25H33N5O2S/c1-3-15(2)20(21(31)27-24-30-29-22(33-24)19-7-5-4-6-8-19)26-23(32)28-25-12-16-9-17(13-25)11-18(10-16)14-25/h4-8,15-18,20H,3,9-14H2,1-2H3,(H2,26,28,32)(H,27,30,31)/t15-,16?,17?,18?,20-,25?/m0/s1. The zero-order valence-corrected chi connectivity index (χ0v) is 20.2. The Labute approximate surface area is 199 Å². The van der Waals surface area contributed by atoms with Crippen LogP contribution in [0.3, 0.4) is 0 Å². The lowest BCUT2D eigenvalue weighted by molar-refractivity contribution is -0.119. The Hall–Kier alpha value is -2.48. The molecule has 0 unspecified atom stereocenters. The first-order chi connectivity index (χ1) is 15.9. The van der Waals surface area contributed by atoms with Gasteiger partial charge in [-0.25, -0.2) is 4.79 Å². The van der Waals surface area contributed by atoms with E-state index in [2.05, 4.69) is 26.1 Å². The molecule has 3 amide bonds. The number of benzene rings is 1. The summed E-state index contributed by atoms with van der Waals surface area (Å²) < 4.78 is 0. The van der Waals surface area contributed by atoms with E-state index in [1.54, 1.807) is 0 Å². The van der Waals surface area contributed by atoms with Crippen LogP contribution in [0.1, 0.15) is 58.8 Å². The number of hydrogen-bond donors (Lipinski definition) is 3. The summed E-state index contributed by atoms with van der Waals surface area (Å²) in [5.41, 5.74) is 0.876. The van der Waals surface area contributed by atoms with E-state index in [-0.39, 0.29) is 23.4 Å². The number of hydrogen-bond acceptors (Lipinski definition) is 5. The van der Waals surface area contributed by atoms with Crippen molar-refractivity contribution in [3.63, 3.8) is 0 Å². The highest BCUT2D eigenvalue weighted by atomic mass is 32.1. The molecule has 1 heterocycles. The highest BCUT2D eigenvalue weighted by Gasteiger charge is 2.51. The van der Waals surface area contributed by atoms with Crippen molar-refractivity contribution in [2.45, 2.75) is 70.4 Å². The third kappa shape index (κ3) is 4.76. The number of nitrogens with one attached hydrogen (secondary N) is 3. The quantitative estimate of drug-likeness (QED) is 0.544. The molecule has 4 bridgehead atoms. The summed E-state index contributed by atoms with van der Waals surface area (Å²) in [6, 6.07) is 8.91. The van der Waals surface area contributed by atoms with Gasteiger partial charge in [0.15, 0.2) is 0 Å². The molecule has 4 aliphatic rings. The summed E-state index contributed by atoms with van der Waals surface area (Å²) in [6.07, 6.45) is 8.01. The van der Waals surface area contributed by atoms with E-state index in [1.807, 2.05) is 44.2 Å². The van der Waals surface area contributed by atoms with Gasteiger partial charge in [-0.2, -0.15) is 0 Å². The van der Waals surface area contributed by atoms with E-state index in [1.165, 1.54) is 30.6 Å². The van der Waals surface area contributed by atoms with E-state index < -0.39 is 6.04 Å². The molecule has 3 N–H and O–H groups in total. The van der Waals surface area contributed by atoms with Gasteiger partial charge in [0, 0.05) is 11.1 Å². The number of nitrogens with zero attached hydrogens (tertiary/aromatic N) is 2. The SMILES string of the molecule is CC[C@H](C)[C@H](NC(=O)NC12CC3CC(CC(C3)C1)C2)C(=O)Nc1nnc(-c2ccccc2)s1. The Bertz CT molecular complexity index is 972. The van der Waals surface area contributed by atoms with Gasteiger partial charge in [0.2, 0.25) is 11.0 Å². The fourth-order valence-corrected chi connectivity index (χ4v) is 7.29. The number of carbonyl (C=O) groups is 2. The molecule has 2 aromatic rings. The Kier molecular flexibility index (Phi) is 6.12. The zero-order chi connectivity index (χ0) is 23.0. The van der Waals surface area contributed by atoms with Gasteiger partial charge in [-0.1, -0.05) is 61.9 Å². The van der Waals surface area contributed by atoms with Crippen molar-refractivity contribution in [1.29, 1.82) is 0 Å². The molecule has 1 aromatic carbocycles. The summed E-state index contributed by atoms with van der Waals surface area (Å²) in [5, 5.41) is 18.7. The van der Waals surface area contributed by atoms with E-state index in [4.69, 9.17) is 0 Å². The number of anilines is 1. The maximum atomic E-state index is 13.1. The van der Waals surface area contributed by atoms with Crippen LogP contribution in [0.15, 0.2) is 30.3 Å². The second kappa shape index (κ2) is 9.05. The van der Waals surface area contributed by atoms with E-state index in [0.29, 0.717) is 5.13 Å². The molecular formula is C25H33N5O2S. The summed E-state index contributed by atoms with van der Waals surface area (Å²) in [6.45, 7) is 4.02. The monoisotopic (exact) mass is 467 g/mol. The number of rotatable bonds is 7. The lowest BCUT2D eigenvalue weighted by Gasteiger charge is -2.56. The minimum Gasteiger partial charge on any atom is -0.333 e. The lowest BCUT2D eigenvalue weighted by Crippen LogP contribution is -2.63. The Morgan fingerprint density at radius 2 is 1.70 bits per heavy atom. The summed E-state index contributed by atoms with van der Waals surface area (Å²) in [5.74, 6) is 2.00. The van der Waals surface area contributed by atoms with Crippen molar-refractivity contribution in [3.05, 3.63) is 30.3 Å². The third-order valence-corrected chi connectivity index (χ3v) is 8.76. The average Bonchev–Trinajstić information content (AvgIpc) is 3.24. The lowest BCUT2D eigenvalue weighted by atomic mass is 9.53. The average molecular weight is 468 g/mol. The van der Waals surface area contributed by atoms with Gasteiger partial charge < -0.3 is 10.6 Å². The number of amides is 3. The molecule has 8 heteroatoms. The van der Waals surface area contributed by atoms with Gasteiger partial charge in [0.1, 0.15) is 11.0 Å². The fraction of sp³-hybridized carbons (Fsp3) is 0.600. The Morgan fingerprint density at radius 1 is 1.06 bits per heavy atom. The Morgan fingerprint density at radius 3 is 2.30 bits per heavy atom. The van der Waals surface area contributed by atoms with Crippen molar-refractivity contribution in [2.24, 2.45) is 23.7 Å². The molecule has 0 aliphatic heterocycles. The minimum atomic E-state index is -0.631. The van der Waals surface area contributed by atoms with Crippen LogP contribution >= 0.6 is 11.3 Å². The highest BCUT2D eigenvalue weighted by Crippen LogP contribution is 2.55. The van der Waals surface area contributed by atoms with Crippen LogP contribution in [0.5, 0.6) is 0 Å². The van der Waals surface area contributed by atoms with Crippen molar-refractivity contribution in [3.8, 4) is 10.6 Å². The molecule has 0 spiro atoms. The largest absolute Gasteiger partial charge is 0.333 e. The van der Waals surface area contributed by atoms with Crippen molar-refractivity contribution in [2.75, 3.05) is 5.32 Å². The van der Waals surface area contributed by atoms with Crippen molar-refractivity contribution < 1.29 is 9.59 Å². The van der Waals surface area contributed by atoms with Gasteiger partial charge in [0.05, 0.1) is 0 Å². The molecule has 4 saturated carbocycles. The van der Waals surface area contributed by atoms with Gasteiger partial charge in [-0.3, -0.25) is 10.1 Å². The second-order valence-corrected chi connectivity index (χ2v) is 11.4. The predicted molar refractivity (Wildman–Crippen MR) is 130 cm³/mol. The molecule has 4 aliphatic carbocycles. The maximum Gasteiger partial charge on any atom is 0.315 e. The van der Waals surface area contributed by atoms with Crippen LogP contribution in [0.4, 0.5) is 9.93 Å². The highest BCUT2D eigenvalue weighted by molar-refractivity contribution is 7.18. The zero-order valence-electron chi connectivity index (χ0n) is 19.3. The maximum absolute atomic E-state index is 13.1. The van der Waals surface area contributed by atoms with Gasteiger partial charge in [-0.05, 0) is 62.2 Å². The number of aromatic nitrogens is 2. The molecule has 2 atom stereocenters. The van der Waals surface area contributed by atoms with Crippen LogP contribution in [0.25, 0.3) is 10.6 Å². The molecule has 0 radical (unpaired) electrons. The first-order valence-electron chi connectivity index (χ1n) is 12.2. The topological polar surface area (TPSA) is 96.0 Å². The van der Waals surface area contributed by atoms with Crippen molar-refractivity contribution in [1.82, 2.24) is 20.8 Å².